The van der Waals surface area contributed by atoms with Gasteiger partial charge in [0.15, 0.2) is 0 Å². The van der Waals surface area contributed by atoms with Gasteiger partial charge in [-0.05, 0) is 44.0 Å². The average molecular weight is 296 g/mol. The molecule has 20 heavy (non-hydrogen) atoms. The van der Waals surface area contributed by atoms with Crippen LogP contribution in [0.4, 0.5) is 5.69 Å². The second-order valence-electron chi connectivity index (χ2n) is 5.07. The van der Waals surface area contributed by atoms with Gasteiger partial charge < -0.3 is 5.32 Å². The van der Waals surface area contributed by atoms with E-state index in [4.69, 9.17) is 0 Å². The largest absolute Gasteiger partial charge is 0.350 e. The summed E-state index contributed by atoms with van der Waals surface area (Å²) >= 11 is 0. The minimum Gasteiger partial charge on any atom is -0.350 e. The van der Waals surface area contributed by atoms with E-state index < -0.39 is 10.0 Å². The first kappa shape index (κ1) is 14.8. The van der Waals surface area contributed by atoms with E-state index >= 15 is 0 Å². The fourth-order valence-corrected chi connectivity index (χ4v) is 3.68. The molecule has 1 aliphatic heterocycles. The van der Waals surface area contributed by atoms with Crippen LogP contribution >= 0.6 is 0 Å². The SMILES string of the molecule is CCC(C)NC(=O)c1ccc(N2CCCS2(=O)=O)cc1. The van der Waals surface area contributed by atoms with Gasteiger partial charge in [0.25, 0.3) is 5.91 Å². The zero-order valence-corrected chi connectivity index (χ0v) is 12.6. The topological polar surface area (TPSA) is 66.5 Å². The number of benzene rings is 1. The Hall–Kier alpha value is -1.56. The van der Waals surface area contributed by atoms with Crippen molar-refractivity contribution in [3.63, 3.8) is 0 Å². The van der Waals surface area contributed by atoms with Crippen LogP contribution in [0.1, 0.15) is 37.0 Å². The fourth-order valence-electron chi connectivity index (χ4n) is 2.12. The Morgan fingerprint density at radius 1 is 1.35 bits per heavy atom. The molecule has 5 nitrogen and oxygen atoms in total. The maximum atomic E-state index is 11.9. The molecule has 1 amide bonds. The summed E-state index contributed by atoms with van der Waals surface area (Å²) in [5.41, 5.74) is 1.17. The van der Waals surface area contributed by atoms with Crippen LogP contribution < -0.4 is 9.62 Å². The smallest absolute Gasteiger partial charge is 0.251 e. The number of anilines is 1. The van der Waals surface area contributed by atoms with E-state index in [1.807, 2.05) is 13.8 Å². The number of rotatable bonds is 4. The number of carbonyl (C=O) groups is 1. The van der Waals surface area contributed by atoms with Gasteiger partial charge >= 0.3 is 0 Å². The van der Waals surface area contributed by atoms with E-state index in [-0.39, 0.29) is 17.7 Å². The van der Waals surface area contributed by atoms with Crippen molar-refractivity contribution in [3.8, 4) is 0 Å². The van der Waals surface area contributed by atoms with Gasteiger partial charge in [-0.15, -0.1) is 0 Å². The summed E-state index contributed by atoms with van der Waals surface area (Å²) in [6.07, 6.45) is 1.52. The summed E-state index contributed by atoms with van der Waals surface area (Å²) < 4.78 is 25.0. The lowest BCUT2D eigenvalue weighted by Crippen LogP contribution is -2.32. The van der Waals surface area contributed by atoms with Crippen LogP contribution in [0.5, 0.6) is 0 Å². The zero-order chi connectivity index (χ0) is 14.8. The van der Waals surface area contributed by atoms with Crippen molar-refractivity contribution >= 4 is 21.6 Å². The molecule has 2 rings (SSSR count). The highest BCUT2D eigenvalue weighted by molar-refractivity contribution is 7.93. The molecule has 110 valence electrons. The molecular weight excluding hydrogens is 276 g/mol. The van der Waals surface area contributed by atoms with Gasteiger partial charge in [0.1, 0.15) is 0 Å². The van der Waals surface area contributed by atoms with Gasteiger partial charge in [-0.1, -0.05) is 6.92 Å². The highest BCUT2D eigenvalue weighted by Crippen LogP contribution is 2.24. The molecule has 1 N–H and O–H groups in total. The maximum Gasteiger partial charge on any atom is 0.251 e. The van der Waals surface area contributed by atoms with Gasteiger partial charge in [-0.3, -0.25) is 9.10 Å². The Morgan fingerprint density at radius 2 is 2.00 bits per heavy atom. The van der Waals surface area contributed by atoms with Gasteiger partial charge in [-0.2, -0.15) is 0 Å². The Labute approximate surface area is 120 Å². The van der Waals surface area contributed by atoms with Crippen LogP contribution in [0.3, 0.4) is 0 Å². The highest BCUT2D eigenvalue weighted by Gasteiger charge is 2.28. The summed E-state index contributed by atoms with van der Waals surface area (Å²) in [6, 6.07) is 6.84. The normalized spacial score (nSPS) is 18.8. The molecule has 1 unspecified atom stereocenters. The zero-order valence-electron chi connectivity index (χ0n) is 11.8. The van der Waals surface area contributed by atoms with Crippen LogP contribution in [-0.4, -0.2) is 32.7 Å². The van der Waals surface area contributed by atoms with Crippen molar-refractivity contribution in [1.82, 2.24) is 5.32 Å². The highest BCUT2D eigenvalue weighted by atomic mass is 32.2. The lowest BCUT2D eigenvalue weighted by molar-refractivity contribution is 0.0939. The number of carbonyl (C=O) groups excluding carboxylic acids is 1. The Balaban J connectivity index is 2.12. The summed E-state index contributed by atoms with van der Waals surface area (Å²) in [5.74, 6) is 0.0682. The minimum absolute atomic E-state index is 0.126. The molecule has 1 heterocycles. The first-order valence-electron chi connectivity index (χ1n) is 6.85. The Bertz CT molecular complexity index is 581. The second-order valence-corrected chi connectivity index (χ2v) is 7.08. The summed E-state index contributed by atoms with van der Waals surface area (Å²) in [7, 11) is -3.16. The van der Waals surface area contributed by atoms with Crippen molar-refractivity contribution in [1.29, 1.82) is 0 Å². The van der Waals surface area contributed by atoms with E-state index in [1.54, 1.807) is 24.3 Å². The number of hydrogen-bond acceptors (Lipinski definition) is 3. The van der Waals surface area contributed by atoms with Crippen LogP contribution in [0.25, 0.3) is 0 Å². The number of amides is 1. The molecule has 0 aromatic heterocycles. The number of sulfonamides is 1. The number of hydrogen-bond donors (Lipinski definition) is 1. The third-order valence-electron chi connectivity index (χ3n) is 3.51. The molecule has 0 saturated carbocycles. The van der Waals surface area contributed by atoms with Crippen molar-refractivity contribution in [2.45, 2.75) is 32.7 Å². The Kier molecular flexibility index (Phi) is 4.32. The van der Waals surface area contributed by atoms with Crippen molar-refractivity contribution < 1.29 is 13.2 Å². The quantitative estimate of drug-likeness (QED) is 0.920. The van der Waals surface area contributed by atoms with Crippen molar-refractivity contribution in [2.24, 2.45) is 0 Å². The molecule has 1 aliphatic rings. The second kappa shape index (κ2) is 5.83. The van der Waals surface area contributed by atoms with Crippen LogP contribution in [-0.2, 0) is 10.0 Å². The standard InChI is InChI=1S/C14H20N2O3S/c1-3-11(2)15-14(17)12-5-7-13(8-6-12)16-9-4-10-20(16,18)19/h5-8,11H,3-4,9-10H2,1-2H3,(H,15,17). The van der Waals surface area contributed by atoms with Gasteiger partial charge in [0.2, 0.25) is 10.0 Å². The first-order valence-corrected chi connectivity index (χ1v) is 8.46. The molecule has 1 aromatic carbocycles. The molecule has 0 spiro atoms. The van der Waals surface area contributed by atoms with E-state index in [9.17, 15) is 13.2 Å². The fraction of sp³-hybridized carbons (Fsp3) is 0.500. The van der Waals surface area contributed by atoms with Gasteiger partial charge in [0.05, 0.1) is 11.4 Å². The molecule has 1 fully saturated rings. The third-order valence-corrected chi connectivity index (χ3v) is 5.38. The molecule has 6 heteroatoms. The predicted molar refractivity (Wildman–Crippen MR) is 79.4 cm³/mol. The number of nitrogens with one attached hydrogen (secondary N) is 1. The van der Waals surface area contributed by atoms with Crippen molar-refractivity contribution in [2.75, 3.05) is 16.6 Å². The molecule has 1 atom stereocenters. The van der Waals surface area contributed by atoms with Crippen LogP contribution in [0.2, 0.25) is 0 Å². The molecule has 0 aliphatic carbocycles. The molecule has 0 bridgehead atoms. The van der Waals surface area contributed by atoms with Gasteiger partial charge in [-0.25, -0.2) is 8.42 Å². The minimum atomic E-state index is -3.16. The Morgan fingerprint density at radius 3 is 2.50 bits per heavy atom. The summed E-state index contributed by atoms with van der Waals surface area (Å²) in [4.78, 5) is 11.9. The molecule has 0 radical (unpaired) electrons. The monoisotopic (exact) mass is 296 g/mol. The van der Waals surface area contributed by atoms with E-state index in [1.165, 1.54) is 4.31 Å². The summed E-state index contributed by atoms with van der Waals surface area (Å²) in [5, 5.41) is 2.88. The average Bonchev–Trinajstić information content (AvgIpc) is 2.78. The van der Waals surface area contributed by atoms with E-state index in [0.29, 0.717) is 24.2 Å². The molecular formula is C14H20N2O3S. The van der Waals surface area contributed by atoms with Crippen LogP contribution in [0.15, 0.2) is 24.3 Å². The number of nitrogens with zero attached hydrogens (tertiary/aromatic N) is 1. The maximum absolute atomic E-state index is 11.9. The van der Waals surface area contributed by atoms with E-state index in [0.717, 1.165) is 6.42 Å². The van der Waals surface area contributed by atoms with E-state index in [2.05, 4.69) is 5.32 Å². The van der Waals surface area contributed by atoms with Crippen molar-refractivity contribution in [3.05, 3.63) is 29.8 Å². The molecule has 1 aromatic rings. The van der Waals surface area contributed by atoms with Crippen LogP contribution in [0, 0.1) is 0 Å². The lowest BCUT2D eigenvalue weighted by Gasteiger charge is -2.17. The van der Waals surface area contributed by atoms with Gasteiger partial charge in [0, 0.05) is 18.2 Å². The third kappa shape index (κ3) is 3.12. The lowest BCUT2D eigenvalue weighted by atomic mass is 10.1. The first-order chi connectivity index (χ1) is 9.44. The molecule has 1 saturated heterocycles. The summed E-state index contributed by atoms with van der Waals surface area (Å²) in [6.45, 7) is 4.47. The predicted octanol–water partition coefficient (Wildman–Crippen LogP) is 1.75.